The minimum Gasteiger partial charge on any atom is -0.394 e. The fourth-order valence-corrected chi connectivity index (χ4v) is 14.4. The highest BCUT2D eigenvalue weighted by molar-refractivity contribution is 5.76. The molecule has 2 aliphatic heterocycles. The second-order valence-electron chi connectivity index (χ2n) is 30.7. The molecular formula is C87H163NO13. The summed E-state index contributed by atoms with van der Waals surface area (Å²) >= 11 is 0. The van der Waals surface area contributed by atoms with Crippen LogP contribution in [-0.4, -0.2) is 140 Å². The van der Waals surface area contributed by atoms with Crippen molar-refractivity contribution >= 4 is 5.91 Å². The molecule has 1 amide bonds. The normalized spacial score (nSPS) is 21.9. The highest BCUT2D eigenvalue weighted by Gasteiger charge is 2.51. The Kier molecular flexibility index (Phi) is 66.7. The van der Waals surface area contributed by atoms with E-state index in [2.05, 4.69) is 55.6 Å². The molecule has 2 rings (SSSR count). The number of carbonyl (C=O) groups is 1. The molecule has 0 radical (unpaired) electrons. The van der Waals surface area contributed by atoms with Gasteiger partial charge in [0.1, 0.15) is 48.8 Å². The summed E-state index contributed by atoms with van der Waals surface area (Å²) in [5, 5.41) is 87.8. The SMILES string of the molecule is CCCCCCC/C=C\C/C=C\C/C=C\CCCCCCCCCCCCCCCCCCCCCCCCCCCCC(=O)NC(COC1OC(CO)C(OC2OC(CO)C(O)C(O)C2O)C(O)C1O)C(O)/C=C/CCCCCCCCCCCCCCCCCCCCCCCCCC. The lowest BCUT2D eigenvalue weighted by Gasteiger charge is -2.46. The van der Waals surface area contributed by atoms with Crippen molar-refractivity contribution in [2.45, 2.75) is 479 Å². The number of aliphatic hydroxyl groups is 8. The number of allylic oxidation sites excluding steroid dienone is 7. The Morgan fingerprint density at radius 2 is 0.653 bits per heavy atom. The molecule has 12 atom stereocenters. The first-order valence-corrected chi connectivity index (χ1v) is 43.4. The zero-order chi connectivity index (χ0) is 73.0. The Morgan fingerprint density at radius 3 is 1.00 bits per heavy atom. The zero-order valence-electron chi connectivity index (χ0n) is 65.4. The van der Waals surface area contributed by atoms with Crippen LogP contribution in [0.25, 0.3) is 0 Å². The molecular weight excluding hydrogens is 1270 g/mol. The van der Waals surface area contributed by atoms with E-state index in [9.17, 15) is 45.6 Å². The summed E-state index contributed by atoms with van der Waals surface area (Å²) in [6.45, 7) is 2.86. The van der Waals surface area contributed by atoms with Crippen LogP contribution in [0.3, 0.4) is 0 Å². The van der Waals surface area contributed by atoms with Gasteiger partial charge in [-0.3, -0.25) is 4.79 Å². The fraction of sp³-hybridized carbons (Fsp3) is 0.897. The maximum absolute atomic E-state index is 13.4. The first kappa shape index (κ1) is 95.0. The molecule has 2 saturated heterocycles. The average molecular weight is 1430 g/mol. The van der Waals surface area contributed by atoms with Gasteiger partial charge in [-0.2, -0.15) is 0 Å². The molecule has 0 aromatic heterocycles. The number of hydrogen-bond donors (Lipinski definition) is 9. The fourth-order valence-electron chi connectivity index (χ4n) is 14.4. The van der Waals surface area contributed by atoms with E-state index < -0.39 is 86.8 Å². The van der Waals surface area contributed by atoms with Crippen LogP contribution in [0.4, 0.5) is 0 Å². The number of hydrogen-bond acceptors (Lipinski definition) is 13. The molecule has 9 N–H and O–H groups in total. The van der Waals surface area contributed by atoms with Crippen molar-refractivity contribution in [3.63, 3.8) is 0 Å². The molecule has 0 aliphatic carbocycles. The summed E-state index contributed by atoms with van der Waals surface area (Å²) in [5.74, 6) is -0.230. The second-order valence-corrected chi connectivity index (χ2v) is 30.7. The topological polar surface area (TPSA) is 228 Å². The summed E-state index contributed by atoms with van der Waals surface area (Å²) in [5.41, 5.74) is 0. The van der Waals surface area contributed by atoms with E-state index in [1.807, 2.05) is 6.08 Å². The molecule has 14 heteroatoms. The average Bonchev–Trinajstić information content (AvgIpc) is 0.792. The number of ether oxygens (including phenoxy) is 4. The number of carbonyl (C=O) groups excluding carboxylic acids is 1. The van der Waals surface area contributed by atoms with Gasteiger partial charge < -0.3 is 65.1 Å². The van der Waals surface area contributed by atoms with E-state index in [1.54, 1.807) is 6.08 Å². The highest BCUT2D eigenvalue weighted by atomic mass is 16.7. The molecule has 0 saturated carbocycles. The van der Waals surface area contributed by atoms with Crippen LogP contribution >= 0.6 is 0 Å². The molecule has 594 valence electrons. The number of nitrogens with one attached hydrogen (secondary N) is 1. The smallest absolute Gasteiger partial charge is 0.220 e. The van der Waals surface area contributed by atoms with Crippen LogP contribution in [0, 0.1) is 0 Å². The van der Waals surface area contributed by atoms with Crippen LogP contribution in [-0.2, 0) is 23.7 Å². The maximum Gasteiger partial charge on any atom is 0.220 e. The van der Waals surface area contributed by atoms with Crippen molar-refractivity contribution in [2.24, 2.45) is 0 Å². The molecule has 2 heterocycles. The van der Waals surface area contributed by atoms with Gasteiger partial charge >= 0.3 is 0 Å². The van der Waals surface area contributed by atoms with Gasteiger partial charge in [0, 0.05) is 6.42 Å². The monoisotopic (exact) mass is 1430 g/mol. The van der Waals surface area contributed by atoms with Crippen molar-refractivity contribution in [3.05, 3.63) is 48.6 Å². The molecule has 101 heavy (non-hydrogen) atoms. The van der Waals surface area contributed by atoms with Crippen LogP contribution in [0.1, 0.15) is 406 Å². The van der Waals surface area contributed by atoms with Gasteiger partial charge in [0.25, 0.3) is 0 Å². The summed E-state index contributed by atoms with van der Waals surface area (Å²) < 4.78 is 22.9. The van der Waals surface area contributed by atoms with E-state index in [4.69, 9.17) is 18.9 Å². The van der Waals surface area contributed by atoms with Gasteiger partial charge in [0.05, 0.1) is 32.0 Å². The summed E-state index contributed by atoms with van der Waals surface area (Å²) in [4.78, 5) is 13.4. The lowest BCUT2D eigenvalue weighted by atomic mass is 9.97. The summed E-state index contributed by atoms with van der Waals surface area (Å²) in [6.07, 6.45) is 79.3. The van der Waals surface area contributed by atoms with Crippen LogP contribution in [0.2, 0.25) is 0 Å². The van der Waals surface area contributed by atoms with E-state index in [0.29, 0.717) is 6.42 Å². The molecule has 2 fully saturated rings. The van der Waals surface area contributed by atoms with Gasteiger partial charge in [-0.25, -0.2) is 0 Å². The Balaban J connectivity index is 1.56. The number of rotatable bonds is 74. The minimum atomic E-state index is -1.79. The van der Waals surface area contributed by atoms with Gasteiger partial charge in [-0.1, -0.05) is 390 Å². The molecule has 0 aromatic carbocycles. The van der Waals surface area contributed by atoms with Crippen molar-refractivity contribution in [1.29, 1.82) is 0 Å². The predicted octanol–water partition coefficient (Wildman–Crippen LogP) is 20.5. The predicted molar refractivity (Wildman–Crippen MR) is 420 cm³/mol. The minimum absolute atomic E-state index is 0.230. The Morgan fingerprint density at radius 1 is 0.356 bits per heavy atom. The third kappa shape index (κ3) is 53.4. The Labute approximate surface area is 620 Å². The molecule has 14 nitrogen and oxygen atoms in total. The maximum atomic E-state index is 13.4. The van der Waals surface area contributed by atoms with E-state index in [-0.39, 0.29) is 18.9 Å². The lowest BCUT2D eigenvalue weighted by Crippen LogP contribution is -2.65. The second kappa shape index (κ2) is 70.9. The number of amides is 1. The third-order valence-corrected chi connectivity index (χ3v) is 21.3. The first-order valence-electron chi connectivity index (χ1n) is 43.4. The van der Waals surface area contributed by atoms with Gasteiger partial charge in [-0.05, 0) is 57.8 Å². The molecule has 0 aromatic rings. The zero-order valence-corrected chi connectivity index (χ0v) is 65.4. The van der Waals surface area contributed by atoms with Crippen molar-refractivity contribution < 1.29 is 64.6 Å². The molecule has 2 aliphatic rings. The number of aliphatic hydroxyl groups excluding tert-OH is 8. The third-order valence-electron chi connectivity index (χ3n) is 21.3. The van der Waals surface area contributed by atoms with Gasteiger partial charge in [0.15, 0.2) is 12.6 Å². The van der Waals surface area contributed by atoms with Crippen LogP contribution < -0.4 is 5.32 Å². The summed E-state index contributed by atoms with van der Waals surface area (Å²) in [7, 11) is 0. The molecule has 12 unspecified atom stereocenters. The van der Waals surface area contributed by atoms with Crippen molar-refractivity contribution in [3.8, 4) is 0 Å². The number of unbranched alkanes of at least 4 members (excludes halogenated alkanes) is 55. The Bertz CT molecular complexity index is 1880. The summed E-state index contributed by atoms with van der Waals surface area (Å²) in [6, 6.07) is -0.915. The lowest BCUT2D eigenvalue weighted by molar-refractivity contribution is -0.359. The Hall–Kier alpha value is -2.05. The van der Waals surface area contributed by atoms with E-state index >= 15 is 0 Å². The first-order chi connectivity index (χ1) is 49.6. The highest BCUT2D eigenvalue weighted by Crippen LogP contribution is 2.31. The van der Waals surface area contributed by atoms with Crippen molar-refractivity contribution in [1.82, 2.24) is 5.32 Å². The standard InChI is InChI=1S/C87H163NO13/c1-3-5-7-9-11-13-15-17-19-21-23-25-27-29-31-32-33-34-35-36-37-38-39-40-41-42-43-44-45-47-49-51-53-55-57-59-61-63-65-67-69-71-79(92)88-75(74-98-86-84(97)82(95)85(78(73-90)100-86)101-87-83(96)81(94)80(93)77(72-89)99-87)76(91)70-68-66-64-62-60-58-56-54-52-50-48-46-30-28-26-24-22-20-18-16-14-12-10-8-6-4-2/h15,17,21,23,27,29,68,70,75-78,80-87,89-91,93-97H,3-14,16,18-20,22,24-26,28,30-67,69,71-74H2,1-2H3,(H,88,92)/b17-15-,23-21-,29-27-,70-68+. The van der Waals surface area contributed by atoms with E-state index in [1.165, 1.54) is 327 Å². The molecule has 0 bridgehead atoms. The quantitative estimate of drug-likeness (QED) is 0.0204. The van der Waals surface area contributed by atoms with Crippen molar-refractivity contribution in [2.75, 3.05) is 19.8 Å². The van der Waals surface area contributed by atoms with Gasteiger partial charge in [0.2, 0.25) is 5.91 Å². The van der Waals surface area contributed by atoms with E-state index in [0.717, 1.165) is 51.4 Å². The van der Waals surface area contributed by atoms with Gasteiger partial charge in [-0.15, -0.1) is 0 Å². The van der Waals surface area contributed by atoms with Crippen LogP contribution in [0.5, 0.6) is 0 Å². The molecule has 0 spiro atoms. The van der Waals surface area contributed by atoms with Crippen LogP contribution in [0.15, 0.2) is 48.6 Å². The largest absolute Gasteiger partial charge is 0.394 e.